The summed E-state index contributed by atoms with van der Waals surface area (Å²) in [5.41, 5.74) is 0.719. The summed E-state index contributed by atoms with van der Waals surface area (Å²) in [6.45, 7) is 0. The Morgan fingerprint density at radius 2 is 1.87 bits per heavy atom. The zero-order valence-corrected chi connectivity index (χ0v) is 11.7. The van der Waals surface area contributed by atoms with Crippen LogP contribution in [0.1, 0.15) is 28.4 Å². The van der Waals surface area contributed by atoms with E-state index >= 15 is 0 Å². The molecule has 0 radical (unpaired) electrons. The Bertz CT molecular complexity index is 758. The van der Waals surface area contributed by atoms with Gasteiger partial charge in [0.15, 0.2) is 17.3 Å². The average molecular weight is 344 g/mol. The molecule has 0 saturated carbocycles. The van der Waals surface area contributed by atoms with Crippen LogP contribution >= 0.6 is 0 Å². The second kappa shape index (κ2) is 6.86. The number of phenols is 3. The molecule has 0 bridgehead atoms. The van der Waals surface area contributed by atoms with E-state index in [9.17, 15) is 20.1 Å². The van der Waals surface area contributed by atoms with Gasteiger partial charge < -0.3 is 24.8 Å². The van der Waals surface area contributed by atoms with E-state index in [2.05, 4.69) is 0 Å². The number of phenolic OH excluding ortho intramolecular Hbond substituents is 3. The third kappa shape index (κ3) is 3.34. The van der Waals surface area contributed by atoms with E-state index in [4.69, 9.17) is 9.47 Å². The number of methoxy groups -OCH3 is 1. The van der Waals surface area contributed by atoms with E-state index in [1.165, 1.54) is 19.2 Å². The van der Waals surface area contributed by atoms with Gasteiger partial charge in [0.05, 0.1) is 13.5 Å². The SMILES string of the molecule is COc1cc([C@@H]2CC(=O)c3c(O)cc(O)cc3O2)ccc1O.[CaH2]. The summed E-state index contributed by atoms with van der Waals surface area (Å²) in [7, 11) is 1.43. The fraction of sp³-hybridized carbons (Fsp3) is 0.188. The summed E-state index contributed by atoms with van der Waals surface area (Å²) < 4.78 is 10.8. The van der Waals surface area contributed by atoms with Gasteiger partial charge in [0.2, 0.25) is 0 Å². The molecule has 118 valence electrons. The van der Waals surface area contributed by atoms with Crippen molar-refractivity contribution in [3.05, 3.63) is 41.5 Å². The number of hydrogen-bond acceptors (Lipinski definition) is 6. The molecule has 1 atom stereocenters. The zero-order valence-electron chi connectivity index (χ0n) is 11.7. The van der Waals surface area contributed by atoms with E-state index in [0.29, 0.717) is 5.56 Å². The molecule has 7 heteroatoms. The summed E-state index contributed by atoms with van der Waals surface area (Å²) in [6.07, 6.45) is -0.546. The molecule has 0 spiro atoms. The number of fused-ring (bicyclic) bond motifs is 1. The second-order valence-corrected chi connectivity index (χ2v) is 5.00. The maximum atomic E-state index is 12.2. The van der Waals surface area contributed by atoms with Crippen molar-refractivity contribution in [2.75, 3.05) is 7.11 Å². The molecule has 1 heterocycles. The molecule has 2 aromatic carbocycles. The number of hydrogen-bond donors (Lipinski definition) is 3. The predicted molar refractivity (Wildman–Crippen MR) is 85.3 cm³/mol. The monoisotopic (exact) mass is 344 g/mol. The van der Waals surface area contributed by atoms with E-state index in [1.54, 1.807) is 12.1 Å². The van der Waals surface area contributed by atoms with Gasteiger partial charge in [-0.15, -0.1) is 0 Å². The molecule has 0 aliphatic carbocycles. The van der Waals surface area contributed by atoms with Crippen molar-refractivity contribution in [1.29, 1.82) is 0 Å². The normalized spacial score (nSPS) is 16.0. The fourth-order valence-electron chi connectivity index (χ4n) is 2.51. The van der Waals surface area contributed by atoms with Crippen molar-refractivity contribution in [2.24, 2.45) is 0 Å². The van der Waals surface area contributed by atoms with E-state index < -0.39 is 6.10 Å². The van der Waals surface area contributed by atoms with Crippen LogP contribution < -0.4 is 9.47 Å². The van der Waals surface area contributed by atoms with Crippen LogP contribution in [0.25, 0.3) is 0 Å². The van der Waals surface area contributed by atoms with Crippen LogP contribution in [-0.4, -0.2) is 66.0 Å². The molecular weight excluding hydrogens is 328 g/mol. The molecule has 3 N–H and O–H groups in total. The summed E-state index contributed by atoms with van der Waals surface area (Å²) in [4.78, 5) is 12.2. The van der Waals surface area contributed by atoms with E-state index in [-0.39, 0.29) is 84.3 Å². The number of carbonyl (C=O) groups excluding carboxylic acids is 1. The van der Waals surface area contributed by atoms with Crippen molar-refractivity contribution in [3.63, 3.8) is 0 Å². The molecule has 0 aromatic heterocycles. The number of rotatable bonds is 2. The summed E-state index contributed by atoms with van der Waals surface area (Å²) in [5, 5.41) is 28.9. The Morgan fingerprint density at radius 1 is 1.13 bits per heavy atom. The van der Waals surface area contributed by atoms with Gasteiger partial charge in [-0.05, 0) is 17.7 Å². The van der Waals surface area contributed by atoms with Gasteiger partial charge in [-0.25, -0.2) is 0 Å². The third-order valence-electron chi connectivity index (χ3n) is 3.56. The quantitative estimate of drug-likeness (QED) is 0.716. The average Bonchev–Trinajstić information content (AvgIpc) is 2.46. The summed E-state index contributed by atoms with van der Waals surface area (Å²) in [6, 6.07) is 7.06. The molecule has 1 aliphatic heterocycles. The number of ether oxygens (including phenoxy) is 2. The van der Waals surface area contributed by atoms with Crippen LogP contribution in [-0.2, 0) is 0 Å². The Kier molecular flexibility index (Phi) is 5.29. The van der Waals surface area contributed by atoms with Crippen molar-refractivity contribution in [2.45, 2.75) is 12.5 Å². The number of ketones is 1. The number of Topliss-reactive ketones (excluding diaryl/α,β-unsaturated/α-hetero) is 1. The molecule has 0 fully saturated rings. The van der Waals surface area contributed by atoms with Crippen LogP contribution in [0.5, 0.6) is 28.7 Å². The molecule has 0 unspecified atom stereocenters. The molecule has 3 rings (SSSR count). The molecular formula is C16H16CaO6. The van der Waals surface area contributed by atoms with Crippen molar-refractivity contribution in [1.82, 2.24) is 0 Å². The van der Waals surface area contributed by atoms with Crippen molar-refractivity contribution >= 4 is 43.5 Å². The second-order valence-electron chi connectivity index (χ2n) is 5.00. The number of aromatic hydroxyl groups is 3. The maximum absolute atomic E-state index is 12.2. The Morgan fingerprint density at radius 3 is 2.57 bits per heavy atom. The van der Waals surface area contributed by atoms with E-state index in [1.807, 2.05) is 0 Å². The van der Waals surface area contributed by atoms with E-state index in [0.717, 1.165) is 6.07 Å². The van der Waals surface area contributed by atoms with Crippen LogP contribution in [0.15, 0.2) is 30.3 Å². The first-order valence-electron chi connectivity index (χ1n) is 6.62. The number of benzene rings is 2. The van der Waals surface area contributed by atoms with Gasteiger partial charge in [0.25, 0.3) is 0 Å². The molecule has 23 heavy (non-hydrogen) atoms. The van der Waals surface area contributed by atoms with Gasteiger partial charge in [-0.1, -0.05) is 6.07 Å². The van der Waals surface area contributed by atoms with Crippen LogP contribution in [0, 0.1) is 0 Å². The van der Waals surface area contributed by atoms with Crippen LogP contribution in [0.3, 0.4) is 0 Å². The first kappa shape index (κ1) is 17.7. The minimum atomic E-state index is -0.587. The van der Waals surface area contributed by atoms with Gasteiger partial charge in [0.1, 0.15) is 28.9 Å². The molecule has 0 saturated heterocycles. The van der Waals surface area contributed by atoms with Crippen molar-refractivity contribution in [3.8, 4) is 28.7 Å². The summed E-state index contributed by atoms with van der Waals surface area (Å²) in [5.74, 6) is -0.376. The van der Waals surface area contributed by atoms with Crippen LogP contribution in [0.4, 0.5) is 0 Å². The standard InChI is InChI=1S/C16H14O6.Ca.2H/c1-21-14-4-8(2-3-10(14)18)13-7-12(20)16-11(19)5-9(17)6-15(16)22-13;;;/h2-6,13,17-19H,7H2,1H3;;;/t13-;;;/m0.../s1. The fourth-order valence-corrected chi connectivity index (χ4v) is 2.51. The first-order valence-corrected chi connectivity index (χ1v) is 6.62. The van der Waals surface area contributed by atoms with Gasteiger partial charge in [-0.2, -0.15) is 0 Å². The zero-order chi connectivity index (χ0) is 15.9. The van der Waals surface area contributed by atoms with Crippen molar-refractivity contribution < 1.29 is 29.6 Å². The minimum absolute atomic E-state index is 0. The molecule has 1 aliphatic rings. The summed E-state index contributed by atoms with van der Waals surface area (Å²) >= 11 is 0. The Labute approximate surface area is 162 Å². The Balaban J connectivity index is 0.00000192. The van der Waals surface area contributed by atoms with Gasteiger partial charge >= 0.3 is 37.7 Å². The molecule has 0 amide bonds. The number of carbonyl (C=O) groups is 1. The predicted octanol–water partition coefficient (Wildman–Crippen LogP) is 1.60. The molecule has 2 aromatic rings. The topological polar surface area (TPSA) is 96.2 Å². The third-order valence-corrected chi connectivity index (χ3v) is 3.56. The van der Waals surface area contributed by atoms with Crippen LogP contribution in [0.2, 0.25) is 0 Å². The molecule has 6 nitrogen and oxygen atoms in total. The van der Waals surface area contributed by atoms with Gasteiger partial charge in [0, 0.05) is 12.1 Å². The first-order chi connectivity index (χ1) is 10.5. The Hall–Kier alpha value is -1.63. The van der Waals surface area contributed by atoms with Gasteiger partial charge in [-0.3, -0.25) is 4.79 Å².